The van der Waals surface area contributed by atoms with Gasteiger partial charge in [-0.1, -0.05) is 29.8 Å². The van der Waals surface area contributed by atoms with Gasteiger partial charge >= 0.3 is 0 Å². The molecule has 11 heteroatoms. The zero-order valence-corrected chi connectivity index (χ0v) is 19.5. The average molecular weight is 479 g/mol. The predicted octanol–water partition coefficient (Wildman–Crippen LogP) is 3.25. The topological polar surface area (TPSA) is 128 Å². The van der Waals surface area contributed by atoms with Crippen LogP contribution < -0.4 is 14.8 Å². The van der Waals surface area contributed by atoms with Crippen LogP contribution in [0.4, 0.5) is 11.4 Å². The summed E-state index contributed by atoms with van der Waals surface area (Å²) in [6.07, 6.45) is 0. The molecule has 2 N–H and O–H groups in total. The van der Waals surface area contributed by atoms with E-state index in [0.29, 0.717) is 22.8 Å². The Balaban J connectivity index is 1.60. The lowest BCUT2D eigenvalue weighted by Crippen LogP contribution is -2.17. The summed E-state index contributed by atoms with van der Waals surface area (Å²) >= 11 is 0. The zero-order valence-electron chi connectivity index (χ0n) is 18.7. The molecule has 4 aromatic rings. The molecule has 0 radical (unpaired) electrons. The van der Waals surface area contributed by atoms with Crippen LogP contribution in [0.1, 0.15) is 15.9 Å². The lowest BCUT2D eigenvalue weighted by Gasteiger charge is -2.13. The van der Waals surface area contributed by atoms with Gasteiger partial charge in [0.1, 0.15) is 10.6 Å². The van der Waals surface area contributed by atoms with Gasteiger partial charge in [0.2, 0.25) is 0 Å². The summed E-state index contributed by atoms with van der Waals surface area (Å²) < 4.78 is 35.4. The van der Waals surface area contributed by atoms with E-state index in [4.69, 9.17) is 4.74 Å². The van der Waals surface area contributed by atoms with Gasteiger partial charge in [-0.25, -0.2) is 13.1 Å². The van der Waals surface area contributed by atoms with Crippen molar-refractivity contribution in [2.75, 3.05) is 17.1 Å². The van der Waals surface area contributed by atoms with E-state index in [-0.39, 0.29) is 16.2 Å². The number of sulfonamides is 1. The number of rotatable bonds is 7. The Labute approximate surface area is 196 Å². The number of carbonyl (C=O) groups is 1. The third kappa shape index (κ3) is 4.89. The second-order valence-corrected chi connectivity index (χ2v) is 9.15. The highest BCUT2D eigenvalue weighted by molar-refractivity contribution is 7.92. The number of aryl methyl sites for hydroxylation is 2. The first-order chi connectivity index (χ1) is 16.3. The molecule has 0 atom stereocenters. The van der Waals surface area contributed by atoms with Crippen LogP contribution >= 0.6 is 0 Å². The number of nitrogens with zero attached hydrogens (tertiary/aromatic N) is 4. The van der Waals surface area contributed by atoms with Crippen molar-refractivity contribution in [1.82, 2.24) is 20.2 Å². The first-order valence-corrected chi connectivity index (χ1v) is 11.7. The van der Waals surface area contributed by atoms with Crippen LogP contribution in [0.5, 0.6) is 5.75 Å². The van der Waals surface area contributed by atoms with Crippen molar-refractivity contribution in [3.05, 3.63) is 77.9 Å². The fourth-order valence-corrected chi connectivity index (χ4v) is 4.53. The van der Waals surface area contributed by atoms with Crippen LogP contribution in [0.25, 0.3) is 11.4 Å². The molecule has 1 amide bonds. The molecule has 3 aromatic carbocycles. The summed E-state index contributed by atoms with van der Waals surface area (Å²) in [7, 11) is -0.938. The van der Waals surface area contributed by atoms with Gasteiger partial charge in [0.25, 0.3) is 15.9 Å². The van der Waals surface area contributed by atoms with E-state index in [0.717, 1.165) is 5.56 Å². The Morgan fingerprint density at radius 2 is 1.76 bits per heavy atom. The molecule has 0 bridgehead atoms. The monoisotopic (exact) mass is 478 g/mol. The Morgan fingerprint density at radius 1 is 1.00 bits per heavy atom. The molecule has 4 rings (SSSR count). The quantitative estimate of drug-likeness (QED) is 0.417. The summed E-state index contributed by atoms with van der Waals surface area (Å²) in [6, 6.07) is 18.1. The molecule has 0 spiro atoms. The number of aromatic nitrogens is 4. The number of tetrazole rings is 1. The van der Waals surface area contributed by atoms with E-state index in [9.17, 15) is 13.2 Å². The Hall–Kier alpha value is -4.25. The molecular formula is C23H22N6O4S. The molecule has 1 aromatic heterocycles. The second kappa shape index (κ2) is 9.32. The lowest BCUT2D eigenvalue weighted by molar-refractivity contribution is 0.102. The highest BCUT2D eigenvalue weighted by Crippen LogP contribution is 2.28. The predicted molar refractivity (Wildman–Crippen MR) is 127 cm³/mol. The molecule has 0 saturated carbocycles. The number of methoxy groups -OCH3 is 1. The lowest BCUT2D eigenvalue weighted by atomic mass is 10.1. The SMILES string of the molecule is COc1ccc(C(=O)Nc2cccc(-c3nnnn3C)c2)cc1S(=O)(=O)Nc1ccc(C)cc1. The third-order valence-electron chi connectivity index (χ3n) is 5.02. The van der Waals surface area contributed by atoms with Gasteiger partial charge in [-0.2, -0.15) is 0 Å². The maximum Gasteiger partial charge on any atom is 0.265 e. The van der Waals surface area contributed by atoms with Gasteiger partial charge in [0.15, 0.2) is 5.82 Å². The van der Waals surface area contributed by atoms with Gasteiger partial charge < -0.3 is 10.1 Å². The molecule has 0 aliphatic rings. The van der Waals surface area contributed by atoms with Gasteiger partial charge in [-0.15, -0.1) is 5.10 Å². The first kappa shape index (κ1) is 22.9. The average Bonchev–Trinajstić information content (AvgIpc) is 3.26. The summed E-state index contributed by atoms with van der Waals surface area (Å²) in [5.74, 6) is 0.173. The van der Waals surface area contributed by atoms with Crippen LogP contribution in [-0.2, 0) is 17.1 Å². The molecule has 10 nitrogen and oxygen atoms in total. The van der Waals surface area contributed by atoms with Crippen molar-refractivity contribution in [2.45, 2.75) is 11.8 Å². The summed E-state index contributed by atoms with van der Waals surface area (Å²) in [5.41, 5.74) is 2.77. The largest absolute Gasteiger partial charge is 0.495 e. The summed E-state index contributed by atoms with van der Waals surface area (Å²) in [5, 5.41) is 14.2. The van der Waals surface area contributed by atoms with Gasteiger partial charge in [-0.05, 0) is 59.8 Å². The number of ether oxygens (including phenoxy) is 1. The fourth-order valence-electron chi connectivity index (χ4n) is 3.27. The minimum Gasteiger partial charge on any atom is -0.495 e. The summed E-state index contributed by atoms with van der Waals surface area (Å²) in [6.45, 7) is 1.91. The number of hydrogen-bond acceptors (Lipinski definition) is 7. The molecule has 0 fully saturated rings. The summed E-state index contributed by atoms with van der Waals surface area (Å²) in [4.78, 5) is 12.8. The minimum atomic E-state index is -4.02. The van der Waals surface area contributed by atoms with Crippen molar-refractivity contribution in [3.8, 4) is 17.1 Å². The number of nitrogens with one attached hydrogen (secondary N) is 2. The van der Waals surface area contributed by atoms with E-state index in [1.165, 1.54) is 30.0 Å². The molecular weight excluding hydrogens is 456 g/mol. The van der Waals surface area contributed by atoms with Crippen LogP contribution in [0.3, 0.4) is 0 Å². The van der Waals surface area contributed by atoms with Crippen LogP contribution in [-0.4, -0.2) is 41.6 Å². The molecule has 34 heavy (non-hydrogen) atoms. The minimum absolute atomic E-state index is 0.118. The Morgan fingerprint density at radius 3 is 2.44 bits per heavy atom. The van der Waals surface area contributed by atoms with Crippen LogP contribution in [0.15, 0.2) is 71.6 Å². The Bertz CT molecular complexity index is 1450. The van der Waals surface area contributed by atoms with Crippen LogP contribution in [0.2, 0.25) is 0 Å². The van der Waals surface area contributed by atoms with Gasteiger partial charge in [-0.3, -0.25) is 9.52 Å². The van der Waals surface area contributed by atoms with E-state index >= 15 is 0 Å². The van der Waals surface area contributed by atoms with E-state index < -0.39 is 15.9 Å². The van der Waals surface area contributed by atoms with Gasteiger partial charge in [0, 0.05) is 29.5 Å². The number of carbonyl (C=O) groups excluding carboxylic acids is 1. The van der Waals surface area contributed by atoms with Crippen molar-refractivity contribution < 1.29 is 17.9 Å². The Kier molecular flexibility index (Phi) is 6.28. The maximum atomic E-state index is 13.1. The third-order valence-corrected chi connectivity index (χ3v) is 6.42. The second-order valence-electron chi connectivity index (χ2n) is 7.50. The van der Waals surface area contributed by atoms with E-state index in [1.54, 1.807) is 49.5 Å². The van der Waals surface area contributed by atoms with E-state index in [2.05, 4.69) is 25.6 Å². The number of anilines is 2. The number of hydrogen-bond donors (Lipinski definition) is 2. The molecule has 0 saturated heterocycles. The van der Waals surface area contributed by atoms with Gasteiger partial charge in [0.05, 0.1) is 7.11 Å². The van der Waals surface area contributed by atoms with Crippen molar-refractivity contribution >= 4 is 27.3 Å². The fraction of sp³-hybridized carbons (Fsp3) is 0.130. The highest BCUT2D eigenvalue weighted by Gasteiger charge is 2.22. The zero-order chi connectivity index (χ0) is 24.3. The highest BCUT2D eigenvalue weighted by atomic mass is 32.2. The number of amides is 1. The van der Waals surface area contributed by atoms with Crippen molar-refractivity contribution in [3.63, 3.8) is 0 Å². The molecule has 1 heterocycles. The smallest absolute Gasteiger partial charge is 0.265 e. The molecule has 0 aliphatic carbocycles. The molecule has 174 valence electrons. The first-order valence-electron chi connectivity index (χ1n) is 10.2. The van der Waals surface area contributed by atoms with E-state index in [1.807, 2.05) is 13.0 Å². The molecule has 0 aliphatic heterocycles. The molecule has 0 unspecified atom stereocenters. The number of benzene rings is 3. The maximum absolute atomic E-state index is 13.1. The van der Waals surface area contributed by atoms with Crippen molar-refractivity contribution in [1.29, 1.82) is 0 Å². The normalized spacial score (nSPS) is 11.1. The van der Waals surface area contributed by atoms with Crippen molar-refractivity contribution in [2.24, 2.45) is 7.05 Å². The standard InChI is InChI=1S/C23H22N6O4S/c1-15-7-10-18(11-8-15)26-34(31,32)21-14-17(9-12-20(21)33-3)23(30)24-19-6-4-5-16(13-19)22-25-27-28-29(22)2/h4-14,26H,1-3H3,(H,24,30). The van der Waals surface area contributed by atoms with Crippen LogP contribution in [0, 0.1) is 6.92 Å².